The van der Waals surface area contributed by atoms with Crippen LogP contribution in [0.3, 0.4) is 0 Å². The molecule has 0 aromatic carbocycles. The zero-order valence-electron chi connectivity index (χ0n) is 18.9. The predicted molar refractivity (Wildman–Crippen MR) is 115 cm³/mol. The number of rotatable bonds is 16. The molecule has 0 aromatic rings. The van der Waals surface area contributed by atoms with Gasteiger partial charge in [0.25, 0.3) is 0 Å². The number of nitrogens with two attached hydrogens (primary N) is 3. The van der Waals surface area contributed by atoms with Crippen LogP contribution in [0.25, 0.3) is 0 Å². The van der Waals surface area contributed by atoms with Crippen LogP contribution in [0.5, 0.6) is 0 Å². The van der Waals surface area contributed by atoms with E-state index in [0.29, 0.717) is 6.42 Å². The van der Waals surface area contributed by atoms with Gasteiger partial charge in [-0.2, -0.15) is 0 Å². The van der Waals surface area contributed by atoms with Crippen LogP contribution in [0.4, 0.5) is 0 Å². The molecule has 0 aliphatic carbocycles. The van der Waals surface area contributed by atoms with Crippen LogP contribution >= 0.6 is 0 Å². The predicted octanol–water partition coefficient (Wildman–Crippen LogP) is -3.49. The second kappa shape index (κ2) is 14.4. The van der Waals surface area contributed by atoms with Crippen molar-refractivity contribution in [2.45, 2.75) is 70.1 Å². The smallest absolute Gasteiger partial charge is 0.326 e. The van der Waals surface area contributed by atoms with Crippen molar-refractivity contribution >= 4 is 41.5 Å². The Morgan fingerprint density at radius 3 is 1.79 bits per heavy atom. The Hall–Kier alpha value is -3.75. The van der Waals surface area contributed by atoms with Crippen LogP contribution in [-0.2, 0) is 33.6 Å². The summed E-state index contributed by atoms with van der Waals surface area (Å²) >= 11 is 0. The summed E-state index contributed by atoms with van der Waals surface area (Å²) in [7, 11) is 0. The Balaban J connectivity index is 5.59. The first-order valence-corrected chi connectivity index (χ1v) is 10.4. The number of carbonyl (C=O) groups is 7. The highest BCUT2D eigenvalue weighted by Gasteiger charge is 2.33. The van der Waals surface area contributed by atoms with Gasteiger partial charge in [-0.1, -0.05) is 20.3 Å². The summed E-state index contributed by atoms with van der Waals surface area (Å²) in [6.07, 6.45) is -1.68. The fourth-order valence-electron chi connectivity index (χ4n) is 2.73. The number of carboxylic acids is 2. The van der Waals surface area contributed by atoms with Crippen molar-refractivity contribution in [2.24, 2.45) is 23.1 Å². The standard InChI is InChI=1S/C19H32N6O9/c1-3-8(2)15(25-16(30)9(20)6-14(28)29)18(32)24-11(7-13(22)27)17(31)23-10(19(33)34)4-5-12(21)26/h8-11,15H,3-7,20H2,1-2H3,(H2,21,26)(H2,22,27)(H,23,31)(H,24,32)(H,25,30)(H,28,29)(H,33,34). The second-order valence-corrected chi connectivity index (χ2v) is 7.71. The van der Waals surface area contributed by atoms with E-state index in [4.69, 9.17) is 22.3 Å². The summed E-state index contributed by atoms with van der Waals surface area (Å²) in [5, 5.41) is 24.7. The van der Waals surface area contributed by atoms with E-state index in [-0.39, 0.29) is 12.8 Å². The summed E-state index contributed by atoms with van der Waals surface area (Å²) < 4.78 is 0. The van der Waals surface area contributed by atoms with Crippen molar-refractivity contribution in [2.75, 3.05) is 0 Å². The quantitative estimate of drug-likeness (QED) is 0.106. The molecule has 0 spiro atoms. The Labute approximate surface area is 195 Å². The molecule has 5 atom stereocenters. The maximum absolute atomic E-state index is 12.9. The fourth-order valence-corrected chi connectivity index (χ4v) is 2.73. The lowest BCUT2D eigenvalue weighted by molar-refractivity contribution is -0.142. The van der Waals surface area contributed by atoms with Crippen molar-refractivity contribution in [1.82, 2.24) is 16.0 Å². The number of primary amides is 2. The summed E-state index contributed by atoms with van der Waals surface area (Å²) in [6.45, 7) is 3.30. The van der Waals surface area contributed by atoms with E-state index >= 15 is 0 Å². The lowest BCUT2D eigenvalue weighted by Gasteiger charge is -2.27. The molecule has 5 amide bonds. The maximum atomic E-state index is 12.9. The molecule has 34 heavy (non-hydrogen) atoms. The minimum atomic E-state index is -1.60. The minimum absolute atomic E-state index is 0.333. The molecule has 15 nitrogen and oxygen atoms in total. The van der Waals surface area contributed by atoms with Gasteiger partial charge in [-0.25, -0.2) is 4.79 Å². The lowest BCUT2D eigenvalue weighted by atomic mass is 9.97. The van der Waals surface area contributed by atoms with Gasteiger partial charge in [-0.3, -0.25) is 28.8 Å². The van der Waals surface area contributed by atoms with E-state index in [2.05, 4.69) is 16.0 Å². The van der Waals surface area contributed by atoms with Crippen LogP contribution in [0, 0.1) is 5.92 Å². The molecule has 0 saturated heterocycles. The molecule has 0 aliphatic heterocycles. The van der Waals surface area contributed by atoms with Crippen molar-refractivity contribution in [3.63, 3.8) is 0 Å². The molecule has 5 unspecified atom stereocenters. The van der Waals surface area contributed by atoms with Gasteiger partial charge < -0.3 is 43.4 Å². The molecule has 0 heterocycles. The van der Waals surface area contributed by atoms with Crippen molar-refractivity contribution in [1.29, 1.82) is 0 Å². The molecule has 0 radical (unpaired) electrons. The van der Waals surface area contributed by atoms with E-state index in [9.17, 15) is 38.7 Å². The Bertz CT molecular complexity index is 803. The zero-order chi connectivity index (χ0) is 26.6. The van der Waals surface area contributed by atoms with Crippen LogP contribution < -0.4 is 33.2 Å². The average molecular weight is 488 g/mol. The molecular formula is C19H32N6O9. The number of hydrogen-bond donors (Lipinski definition) is 8. The highest BCUT2D eigenvalue weighted by molar-refractivity contribution is 5.96. The van der Waals surface area contributed by atoms with Gasteiger partial charge >= 0.3 is 11.9 Å². The molecule has 11 N–H and O–H groups in total. The van der Waals surface area contributed by atoms with Gasteiger partial charge in [0, 0.05) is 6.42 Å². The molecule has 0 aliphatic rings. The fraction of sp³-hybridized carbons (Fsp3) is 0.632. The number of carbonyl (C=O) groups excluding carboxylic acids is 5. The molecule has 0 rings (SSSR count). The van der Waals surface area contributed by atoms with Gasteiger partial charge in [0.15, 0.2) is 0 Å². The lowest BCUT2D eigenvalue weighted by Crippen LogP contribution is -2.59. The van der Waals surface area contributed by atoms with Gasteiger partial charge in [-0.15, -0.1) is 0 Å². The number of hydrogen-bond acceptors (Lipinski definition) is 8. The van der Waals surface area contributed by atoms with Crippen LogP contribution in [0.15, 0.2) is 0 Å². The largest absolute Gasteiger partial charge is 0.481 e. The van der Waals surface area contributed by atoms with Crippen molar-refractivity contribution in [3.8, 4) is 0 Å². The minimum Gasteiger partial charge on any atom is -0.481 e. The Kier molecular flexibility index (Phi) is 12.8. The van der Waals surface area contributed by atoms with Crippen LogP contribution in [0.2, 0.25) is 0 Å². The van der Waals surface area contributed by atoms with Gasteiger partial charge in [0.2, 0.25) is 29.5 Å². The molecule has 0 saturated carbocycles. The molecule has 0 bridgehead atoms. The summed E-state index contributed by atoms with van der Waals surface area (Å²) in [5.41, 5.74) is 15.6. The maximum Gasteiger partial charge on any atom is 0.326 e. The highest BCUT2D eigenvalue weighted by atomic mass is 16.4. The molecule has 15 heteroatoms. The van der Waals surface area contributed by atoms with E-state index in [1.807, 2.05) is 0 Å². The van der Waals surface area contributed by atoms with Crippen molar-refractivity contribution < 1.29 is 43.8 Å². The van der Waals surface area contributed by atoms with E-state index in [1.54, 1.807) is 13.8 Å². The van der Waals surface area contributed by atoms with Gasteiger partial charge in [-0.05, 0) is 12.3 Å². The number of carboxylic acid groups (broad SMARTS) is 2. The van der Waals surface area contributed by atoms with Crippen molar-refractivity contribution in [3.05, 3.63) is 0 Å². The highest BCUT2D eigenvalue weighted by Crippen LogP contribution is 2.10. The Morgan fingerprint density at radius 1 is 0.794 bits per heavy atom. The zero-order valence-corrected chi connectivity index (χ0v) is 18.9. The number of aliphatic carboxylic acids is 2. The van der Waals surface area contributed by atoms with Gasteiger partial charge in [0.1, 0.15) is 18.1 Å². The van der Waals surface area contributed by atoms with E-state index < -0.39 is 84.4 Å². The molecule has 192 valence electrons. The first-order chi connectivity index (χ1) is 15.7. The average Bonchev–Trinajstić information content (AvgIpc) is 2.72. The van der Waals surface area contributed by atoms with Gasteiger partial charge in [0.05, 0.1) is 18.9 Å². The third kappa shape index (κ3) is 11.2. The van der Waals surface area contributed by atoms with Crippen LogP contribution in [-0.4, -0.2) is 75.9 Å². The van der Waals surface area contributed by atoms with E-state index in [0.717, 1.165) is 0 Å². The first kappa shape index (κ1) is 30.2. The summed E-state index contributed by atoms with van der Waals surface area (Å²) in [6, 6.07) is -5.84. The van der Waals surface area contributed by atoms with E-state index in [1.165, 1.54) is 0 Å². The molecule has 0 fully saturated rings. The topological polar surface area (TPSA) is 274 Å². The third-order valence-electron chi connectivity index (χ3n) is 4.86. The first-order valence-electron chi connectivity index (χ1n) is 10.4. The molecule has 0 aromatic heterocycles. The summed E-state index contributed by atoms with van der Waals surface area (Å²) in [5.74, 6) is -7.98. The SMILES string of the molecule is CCC(C)C(NC(=O)C(N)CC(=O)O)C(=O)NC(CC(N)=O)C(=O)NC(CCC(N)=O)C(=O)O. The second-order valence-electron chi connectivity index (χ2n) is 7.71. The molecular weight excluding hydrogens is 456 g/mol. The van der Waals surface area contributed by atoms with Crippen LogP contribution in [0.1, 0.15) is 46.0 Å². The normalized spacial score (nSPS) is 15.0. The Morgan fingerprint density at radius 2 is 1.35 bits per heavy atom. The summed E-state index contributed by atoms with van der Waals surface area (Å²) in [4.78, 5) is 82.2. The monoisotopic (exact) mass is 488 g/mol. The number of nitrogens with one attached hydrogen (secondary N) is 3. The third-order valence-corrected chi connectivity index (χ3v) is 4.86. The number of amides is 5.